The van der Waals surface area contributed by atoms with Gasteiger partial charge >= 0.3 is 5.97 Å². The molecule has 0 aliphatic heterocycles. The van der Waals surface area contributed by atoms with E-state index in [2.05, 4.69) is 5.32 Å². The first-order valence-electron chi connectivity index (χ1n) is 6.58. The summed E-state index contributed by atoms with van der Waals surface area (Å²) in [6.07, 6.45) is 0.334. The Hall–Kier alpha value is -1.26. The van der Waals surface area contributed by atoms with Crippen molar-refractivity contribution in [1.29, 1.82) is 0 Å². The fourth-order valence-electron chi connectivity index (χ4n) is 1.98. The molecule has 1 aromatic carbocycles. The van der Waals surface area contributed by atoms with Gasteiger partial charge in [0.2, 0.25) is 0 Å². The van der Waals surface area contributed by atoms with E-state index in [1.165, 1.54) is 0 Å². The largest absolute Gasteiger partial charge is 0.455 e. The number of benzene rings is 1. The molecule has 0 spiro atoms. The van der Waals surface area contributed by atoms with E-state index in [1.54, 1.807) is 13.0 Å². The number of nitrogens with one attached hydrogen (secondary N) is 1. The summed E-state index contributed by atoms with van der Waals surface area (Å²) in [7, 11) is 0. The number of hydrogen-bond donors (Lipinski definition) is 1. The van der Waals surface area contributed by atoms with Crippen molar-refractivity contribution in [3.05, 3.63) is 29.3 Å². The minimum Gasteiger partial charge on any atom is -0.455 e. The molecule has 1 atom stereocenters. The molecule has 1 aliphatic carbocycles. The SMILES string of the molecule is Cc1cccc(NC(=O)COC(=O)[C@]2(C)CC2(Cl)Cl)c1C. The van der Waals surface area contributed by atoms with Crippen LogP contribution in [-0.4, -0.2) is 22.8 Å². The number of aryl methyl sites for hydroxylation is 1. The Balaban J connectivity index is 1.89. The molecule has 4 nitrogen and oxygen atoms in total. The second-order valence-corrected chi connectivity index (χ2v) is 7.07. The number of rotatable bonds is 4. The van der Waals surface area contributed by atoms with E-state index in [-0.39, 0.29) is 6.61 Å². The van der Waals surface area contributed by atoms with Crippen LogP contribution in [0, 0.1) is 19.3 Å². The minimum absolute atomic E-state index is 0.334. The molecule has 0 aromatic heterocycles. The number of carbonyl (C=O) groups is 2. The van der Waals surface area contributed by atoms with Crippen LogP contribution >= 0.6 is 23.2 Å². The smallest absolute Gasteiger partial charge is 0.315 e. The second-order valence-electron chi connectivity index (χ2n) is 5.59. The Morgan fingerprint density at radius 2 is 1.95 bits per heavy atom. The highest BCUT2D eigenvalue weighted by Crippen LogP contribution is 2.64. The Morgan fingerprint density at radius 1 is 1.33 bits per heavy atom. The summed E-state index contributed by atoms with van der Waals surface area (Å²) in [6, 6.07) is 5.61. The number of hydrogen-bond acceptors (Lipinski definition) is 3. The van der Waals surface area contributed by atoms with Gasteiger partial charge < -0.3 is 10.1 Å². The van der Waals surface area contributed by atoms with Crippen molar-refractivity contribution in [2.75, 3.05) is 11.9 Å². The summed E-state index contributed by atoms with van der Waals surface area (Å²) >= 11 is 11.8. The molecule has 21 heavy (non-hydrogen) atoms. The quantitative estimate of drug-likeness (QED) is 0.680. The molecule has 114 valence electrons. The average molecular weight is 330 g/mol. The summed E-state index contributed by atoms with van der Waals surface area (Å²) in [5.41, 5.74) is 1.84. The maximum Gasteiger partial charge on any atom is 0.315 e. The number of esters is 1. The van der Waals surface area contributed by atoms with Crippen molar-refractivity contribution >= 4 is 40.8 Å². The highest BCUT2D eigenvalue weighted by atomic mass is 35.5. The lowest BCUT2D eigenvalue weighted by molar-refractivity contribution is -0.152. The first-order chi connectivity index (χ1) is 9.67. The maximum absolute atomic E-state index is 11.8. The molecule has 2 rings (SSSR count). The highest BCUT2D eigenvalue weighted by Gasteiger charge is 2.69. The lowest BCUT2D eigenvalue weighted by Gasteiger charge is -2.13. The first kappa shape index (κ1) is 16.1. The third kappa shape index (κ3) is 3.16. The van der Waals surface area contributed by atoms with E-state index >= 15 is 0 Å². The van der Waals surface area contributed by atoms with E-state index in [0.29, 0.717) is 12.1 Å². The predicted octanol–water partition coefficient (Wildman–Crippen LogP) is 3.37. The molecule has 0 bridgehead atoms. The monoisotopic (exact) mass is 329 g/mol. The van der Waals surface area contributed by atoms with E-state index in [9.17, 15) is 9.59 Å². The molecule has 0 saturated heterocycles. The van der Waals surface area contributed by atoms with Crippen LogP contribution in [-0.2, 0) is 14.3 Å². The summed E-state index contributed by atoms with van der Waals surface area (Å²) in [5, 5.41) is 2.72. The lowest BCUT2D eigenvalue weighted by Crippen LogP contribution is -2.27. The van der Waals surface area contributed by atoms with Gasteiger partial charge in [0, 0.05) is 12.1 Å². The van der Waals surface area contributed by atoms with Crippen molar-refractivity contribution in [3.8, 4) is 0 Å². The Morgan fingerprint density at radius 3 is 2.52 bits per heavy atom. The molecule has 1 N–H and O–H groups in total. The van der Waals surface area contributed by atoms with Gasteiger partial charge in [-0.3, -0.25) is 9.59 Å². The topological polar surface area (TPSA) is 55.4 Å². The summed E-state index contributed by atoms with van der Waals surface area (Å²) in [4.78, 5) is 23.7. The molecular weight excluding hydrogens is 313 g/mol. The molecule has 0 heterocycles. The Kier molecular flexibility index (Phi) is 4.22. The zero-order valence-corrected chi connectivity index (χ0v) is 13.6. The van der Waals surface area contributed by atoms with Crippen molar-refractivity contribution in [2.24, 2.45) is 5.41 Å². The van der Waals surface area contributed by atoms with Gasteiger partial charge in [-0.1, -0.05) is 12.1 Å². The Labute approximate surface area is 133 Å². The molecule has 1 saturated carbocycles. The fourth-order valence-corrected chi connectivity index (χ4v) is 2.67. The van der Waals surface area contributed by atoms with Gasteiger partial charge in [-0.05, 0) is 38.0 Å². The standard InChI is InChI=1S/C15H17Cl2NO3/c1-9-5-4-6-11(10(9)2)18-12(19)7-21-13(20)14(3)8-15(14,16)17/h4-6H,7-8H2,1-3H3,(H,18,19)/t14-/m0/s1. The van der Waals surface area contributed by atoms with E-state index in [0.717, 1.165) is 11.1 Å². The van der Waals surface area contributed by atoms with Gasteiger partial charge in [-0.25, -0.2) is 0 Å². The van der Waals surface area contributed by atoms with Gasteiger partial charge in [0.25, 0.3) is 5.91 Å². The van der Waals surface area contributed by atoms with Crippen LogP contribution in [0.2, 0.25) is 0 Å². The second kappa shape index (κ2) is 5.50. The van der Waals surface area contributed by atoms with E-state index in [1.807, 2.05) is 26.0 Å². The van der Waals surface area contributed by atoms with Crippen LogP contribution in [0.3, 0.4) is 0 Å². The van der Waals surface area contributed by atoms with Crippen molar-refractivity contribution < 1.29 is 14.3 Å². The highest BCUT2D eigenvalue weighted by molar-refractivity contribution is 6.53. The molecule has 1 aliphatic rings. The van der Waals surface area contributed by atoms with Crippen LogP contribution in [0.25, 0.3) is 0 Å². The number of anilines is 1. The van der Waals surface area contributed by atoms with Crippen LogP contribution in [0.1, 0.15) is 24.5 Å². The molecule has 1 fully saturated rings. The van der Waals surface area contributed by atoms with Crippen LogP contribution in [0.15, 0.2) is 18.2 Å². The van der Waals surface area contributed by atoms with Gasteiger partial charge in [0.1, 0.15) is 9.75 Å². The maximum atomic E-state index is 11.8. The number of ether oxygens (including phenoxy) is 1. The molecule has 1 aromatic rings. The Bertz CT molecular complexity index is 601. The molecule has 0 radical (unpaired) electrons. The lowest BCUT2D eigenvalue weighted by atomic mass is 10.1. The summed E-state index contributed by atoms with van der Waals surface area (Å²) in [6.45, 7) is 5.14. The molecule has 0 unspecified atom stereocenters. The number of carbonyl (C=O) groups excluding carboxylic acids is 2. The normalized spacial score (nSPS) is 22.5. The van der Waals surface area contributed by atoms with Crippen molar-refractivity contribution in [3.63, 3.8) is 0 Å². The zero-order valence-electron chi connectivity index (χ0n) is 12.1. The van der Waals surface area contributed by atoms with Gasteiger partial charge in [-0.15, -0.1) is 23.2 Å². The average Bonchev–Trinajstić information content (AvgIpc) is 2.92. The number of alkyl halides is 2. The third-order valence-electron chi connectivity index (χ3n) is 3.92. The minimum atomic E-state index is -1.09. The van der Waals surface area contributed by atoms with E-state index in [4.69, 9.17) is 27.9 Å². The van der Waals surface area contributed by atoms with Crippen LogP contribution < -0.4 is 5.32 Å². The number of halogens is 2. The molecular formula is C15H17Cl2NO3. The summed E-state index contributed by atoms with van der Waals surface area (Å²) < 4.78 is 3.90. The first-order valence-corrected chi connectivity index (χ1v) is 7.34. The number of amides is 1. The predicted molar refractivity (Wildman–Crippen MR) is 82.7 cm³/mol. The van der Waals surface area contributed by atoms with Gasteiger partial charge in [0.05, 0.1) is 0 Å². The van der Waals surface area contributed by atoms with E-state index < -0.39 is 21.6 Å². The molecule has 1 amide bonds. The summed E-state index contributed by atoms with van der Waals surface area (Å²) in [5.74, 6) is -0.945. The van der Waals surface area contributed by atoms with Crippen molar-refractivity contribution in [2.45, 2.75) is 31.5 Å². The fraction of sp³-hybridized carbons (Fsp3) is 0.467. The van der Waals surface area contributed by atoms with Crippen LogP contribution in [0.4, 0.5) is 5.69 Å². The third-order valence-corrected chi connectivity index (χ3v) is 5.02. The van der Waals surface area contributed by atoms with Gasteiger partial charge in [-0.2, -0.15) is 0 Å². The van der Waals surface area contributed by atoms with Crippen LogP contribution in [0.5, 0.6) is 0 Å². The molecule has 6 heteroatoms. The zero-order chi connectivity index (χ0) is 15.8. The van der Waals surface area contributed by atoms with Crippen molar-refractivity contribution in [1.82, 2.24) is 0 Å². The van der Waals surface area contributed by atoms with Gasteiger partial charge in [0.15, 0.2) is 6.61 Å².